The van der Waals surface area contributed by atoms with Crippen LogP contribution in [0.3, 0.4) is 0 Å². The van der Waals surface area contributed by atoms with E-state index in [9.17, 15) is 4.79 Å². The lowest BCUT2D eigenvalue weighted by atomic mass is 9.93. The molecule has 0 radical (unpaired) electrons. The number of hydrogen-bond donors (Lipinski definition) is 1. The number of para-hydroxylation sites is 1. The van der Waals surface area contributed by atoms with E-state index in [1.807, 2.05) is 18.2 Å². The molecule has 1 fully saturated rings. The van der Waals surface area contributed by atoms with Crippen molar-refractivity contribution in [2.24, 2.45) is 5.92 Å². The molecule has 1 N–H and O–H groups in total. The SMILES string of the molecule is O=C(O)CC1CCN(Cc2ccc3ccccc3n2)CC1. The van der Waals surface area contributed by atoms with E-state index in [0.29, 0.717) is 12.3 Å². The van der Waals surface area contributed by atoms with Crippen molar-refractivity contribution >= 4 is 16.9 Å². The van der Waals surface area contributed by atoms with Crippen LogP contribution in [0.25, 0.3) is 10.9 Å². The number of aromatic nitrogens is 1. The molecule has 0 unspecified atom stereocenters. The molecule has 0 spiro atoms. The highest BCUT2D eigenvalue weighted by Crippen LogP contribution is 2.22. The summed E-state index contributed by atoms with van der Waals surface area (Å²) in [5.74, 6) is -0.340. The van der Waals surface area contributed by atoms with Gasteiger partial charge in [-0.2, -0.15) is 0 Å². The number of carbonyl (C=O) groups is 1. The molecule has 2 aromatic rings. The Morgan fingerprint density at radius 2 is 1.95 bits per heavy atom. The maximum atomic E-state index is 10.7. The van der Waals surface area contributed by atoms with Crippen LogP contribution in [0.5, 0.6) is 0 Å². The third-order valence-electron chi connectivity index (χ3n) is 4.21. The molecule has 0 saturated carbocycles. The van der Waals surface area contributed by atoms with E-state index in [1.54, 1.807) is 0 Å². The van der Waals surface area contributed by atoms with E-state index in [0.717, 1.165) is 43.7 Å². The molecule has 2 heterocycles. The first-order valence-electron chi connectivity index (χ1n) is 7.49. The Morgan fingerprint density at radius 3 is 2.71 bits per heavy atom. The zero-order valence-electron chi connectivity index (χ0n) is 12.0. The fourth-order valence-corrected chi connectivity index (χ4v) is 3.02. The Kier molecular flexibility index (Phi) is 4.15. The molecule has 1 aliphatic rings. The van der Waals surface area contributed by atoms with Crippen LogP contribution in [0.4, 0.5) is 0 Å². The average molecular weight is 284 g/mol. The molecule has 4 nitrogen and oxygen atoms in total. The van der Waals surface area contributed by atoms with Crippen LogP contribution in [0.15, 0.2) is 36.4 Å². The van der Waals surface area contributed by atoms with E-state index in [2.05, 4.69) is 23.1 Å². The minimum Gasteiger partial charge on any atom is -0.481 e. The van der Waals surface area contributed by atoms with Gasteiger partial charge in [0, 0.05) is 18.4 Å². The first kappa shape index (κ1) is 14.0. The number of likely N-dealkylation sites (tertiary alicyclic amines) is 1. The second-order valence-corrected chi connectivity index (χ2v) is 5.81. The molecule has 110 valence electrons. The normalized spacial score (nSPS) is 17.1. The van der Waals surface area contributed by atoms with Crippen LogP contribution in [0, 0.1) is 5.92 Å². The Labute approximate surface area is 124 Å². The molecule has 0 aliphatic carbocycles. The summed E-state index contributed by atoms with van der Waals surface area (Å²) in [7, 11) is 0. The fourth-order valence-electron chi connectivity index (χ4n) is 3.02. The molecule has 21 heavy (non-hydrogen) atoms. The number of carboxylic acids is 1. The molecule has 4 heteroatoms. The lowest BCUT2D eigenvalue weighted by Crippen LogP contribution is -2.34. The summed E-state index contributed by atoms with van der Waals surface area (Å²) in [5.41, 5.74) is 2.13. The predicted molar refractivity (Wildman–Crippen MR) is 82.0 cm³/mol. The van der Waals surface area contributed by atoms with Gasteiger partial charge in [0.05, 0.1) is 11.2 Å². The molecule has 0 atom stereocenters. The first-order valence-corrected chi connectivity index (χ1v) is 7.49. The number of aliphatic carboxylic acids is 1. The van der Waals surface area contributed by atoms with Gasteiger partial charge in [0.1, 0.15) is 0 Å². The van der Waals surface area contributed by atoms with Gasteiger partial charge in [0.25, 0.3) is 0 Å². The number of piperidine rings is 1. The summed E-state index contributed by atoms with van der Waals surface area (Å²) in [6.07, 6.45) is 2.25. The second kappa shape index (κ2) is 6.22. The van der Waals surface area contributed by atoms with E-state index in [1.165, 1.54) is 5.39 Å². The predicted octanol–water partition coefficient (Wildman–Crippen LogP) is 2.92. The van der Waals surface area contributed by atoms with Crippen molar-refractivity contribution in [1.82, 2.24) is 9.88 Å². The zero-order valence-corrected chi connectivity index (χ0v) is 12.0. The number of nitrogens with zero attached hydrogens (tertiary/aromatic N) is 2. The van der Waals surface area contributed by atoms with E-state index < -0.39 is 5.97 Å². The van der Waals surface area contributed by atoms with Crippen molar-refractivity contribution in [2.75, 3.05) is 13.1 Å². The highest BCUT2D eigenvalue weighted by atomic mass is 16.4. The summed E-state index contributed by atoms with van der Waals surface area (Å²) >= 11 is 0. The lowest BCUT2D eigenvalue weighted by molar-refractivity contribution is -0.138. The highest BCUT2D eigenvalue weighted by Gasteiger charge is 2.21. The van der Waals surface area contributed by atoms with Gasteiger partial charge >= 0.3 is 5.97 Å². The smallest absolute Gasteiger partial charge is 0.303 e. The van der Waals surface area contributed by atoms with Crippen LogP contribution < -0.4 is 0 Å². The minimum atomic E-state index is -0.676. The van der Waals surface area contributed by atoms with Crippen LogP contribution in [-0.2, 0) is 11.3 Å². The third kappa shape index (κ3) is 3.58. The van der Waals surface area contributed by atoms with Gasteiger partial charge in [-0.25, -0.2) is 0 Å². The maximum Gasteiger partial charge on any atom is 0.303 e. The van der Waals surface area contributed by atoms with Gasteiger partial charge in [0.2, 0.25) is 0 Å². The minimum absolute atomic E-state index is 0.308. The first-order chi connectivity index (χ1) is 10.2. The van der Waals surface area contributed by atoms with Crippen molar-refractivity contribution in [2.45, 2.75) is 25.8 Å². The summed E-state index contributed by atoms with van der Waals surface area (Å²) in [6.45, 7) is 2.78. The second-order valence-electron chi connectivity index (χ2n) is 5.81. The Hall–Kier alpha value is -1.94. The Morgan fingerprint density at radius 1 is 1.19 bits per heavy atom. The average Bonchev–Trinajstić information content (AvgIpc) is 2.49. The van der Waals surface area contributed by atoms with E-state index in [-0.39, 0.29) is 0 Å². The quantitative estimate of drug-likeness (QED) is 0.938. The topological polar surface area (TPSA) is 53.4 Å². The third-order valence-corrected chi connectivity index (χ3v) is 4.21. The lowest BCUT2D eigenvalue weighted by Gasteiger charge is -2.31. The van der Waals surface area contributed by atoms with Crippen molar-refractivity contribution < 1.29 is 9.90 Å². The van der Waals surface area contributed by atoms with Crippen LogP contribution in [-0.4, -0.2) is 34.0 Å². The van der Waals surface area contributed by atoms with Gasteiger partial charge in [0.15, 0.2) is 0 Å². The zero-order chi connectivity index (χ0) is 14.7. The van der Waals surface area contributed by atoms with Gasteiger partial charge in [-0.05, 0) is 44.0 Å². The van der Waals surface area contributed by atoms with Crippen LogP contribution >= 0.6 is 0 Å². The van der Waals surface area contributed by atoms with Gasteiger partial charge in [-0.1, -0.05) is 24.3 Å². The summed E-state index contributed by atoms with van der Waals surface area (Å²) in [6, 6.07) is 12.4. The molecule has 1 aromatic heterocycles. The monoisotopic (exact) mass is 284 g/mol. The van der Waals surface area contributed by atoms with Crippen LogP contribution in [0.2, 0.25) is 0 Å². The van der Waals surface area contributed by atoms with Gasteiger partial charge in [-0.15, -0.1) is 0 Å². The van der Waals surface area contributed by atoms with Gasteiger partial charge < -0.3 is 5.11 Å². The fraction of sp³-hybridized carbons (Fsp3) is 0.412. The standard InChI is InChI=1S/C17H20N2O2/c20-17(21)11-13-7-9-19(10-8-13)12-15-6-5-14-3-1-2-4-16(14)18-15/h1-6,13H,7-12H2,(H,20,21). The Bertz CT molecular complexity index is 633. The highest BCUT2D eigenvalue weighted by molar-refractivity contribution is 5.78. The molecule has 1 aromatic carbocycles. The summed E-state index contributed by atoms with van der Waals surface area (Å²) < 4.78 is 0. The van der Waals surface area contributed by atoms with Crippen molar-refractivity contribution in [3.05, 3.63) is 42.1 Å². The molecular weight excluding hydrogens is 264 g/mol. The number of fused-ring (bicyclic) bond motifs is 1. The van der Waals surface area contributed by atoms with Crippen LogP contribution in [0.1, 0.15) is 25.0 Å². The molecule has 0 bridgehead atoms. The van der Waals surface area contributed by atoms with E-state index in [4.69, 9.17) is 10.1 Å². The molecule has 0 amide bonds. The summed E-state index contributed by atoms with van der Waals surface area (Å²) in [4.78, 5) is 17.8. The van der Waals surface area contributed by atoms with Crippen molar-refractivity contribution in [3.8, 4) is 0 Å². The largest absolute Gasteiger partial charge is 0.481 e. The van der Waals surface area contributed by atoms with Gasteiger partial charge in [-0.3, -0.25) is 14.7 Å². The number of benzene rings is 1. The number of pyridine rings is 1. The molecular formula is C17H20N2O2. The summed E-state index contributed by atoms with van der Waals surface area (Å²) in [5, 5.41) is 10.0. The molecule has 3 rings (SSSR count). The maximum absolute atomic E-state index is 10.7. The number of rotatable bonds is 4. The number of carboxylic acid groups (broad SMARTS) is 1. The molecule has 1 aliphatic heterocycles. The van der Waals surface area contributed by atoms with Crippen molar-refractivity contribution in [1.29, 1.82) is 0 Å². The molecule has 1 saturated heterocycles. The number of hydrogen-bond acceptors (Lipinski definition) is 3. The van der Waals surface area contributed by atoms with E-state index >= 15 is 0 Å². The Balaban J connectivity index is 1.60. The van der Waals surface area contributed by atoms with Crippen molar-refractivity contribution in [3.63, 3.8) is 0 Å².